The van der Waals surface area contributed by atoms with Crippen molar-refractivity contribution in [2.45, 2.75) is 57.8 Å². The molecule has 2 aliphatic heterocycles. The topological polar surface area (TPSA) is 116 Å². The van der Waals surface area contributed by atoms with Gasteiger partial charge in [-0.15, -0.1) is 0 Å². The van der Waals surface area contributed by atoms with E-state index in [2.05, 4.69) is 44.7 Å². The summed E-state index contributed by atoms with van der Waals surface area (Å²) >= 11 is 0. The molecule has 2 fully saturated rings. The Bertz CT molecular complexity index is 1420. The number of pyridine rings is 1. The summed E-state index contributed by atoms with van der Waals surface area (Å²) in [6, 6.07) is 9.06. The fourth-order valence-electron chi connectivity index (χ4n) is 5.50. The van der Waals surface area contributed by atoms with Gasteiger partial charge in [-0.2, -0.15) is 5.26 Å². The first-order valence-corrected chi connectivity index (χ1v) is 13.2. The van der Waals surface area contributed by atoms with Crippen LogP contribution in [0.25, 0.3) is 22.2 Å². The highest BCUT2D eigenvalue weighted by molar-refractivity contribution is 5.84. The van der Waals surface area contributed by atoms with Crippen molar-refractivity contribution < 1.29 is 14.2 Å². The number of aliphatic hydroxyl groups is 1. The average Bonchev–Trinajstić information content (AvgIpc) is 2.90. The third kappa shape index (κ3) is 5.41. The Morgan fingerprint density at radius 2 is 2.16 bits per heavy atom. The van der Waals surface area contributed by atoms with Gasteiger partial charge in [-0.25, -0.2) is 14.4 Å². The number of nitrogens with one attached hydrogen (secondary N) is 1. The molecule has 0 bridgehead atoms. The maximum absolute atomic E-state index is 15.0. The molecule has 2 aromatic heterocycles. The van der Waals surface area contributed by atoms with E-state index in [1.807, 2.05) is 6.07 Å². The zero-order valence-corrected chi connectivity index (χ0v) is 21.7. The summed E-state index contributed by atoms with van der Waals surface area (Å²) in [4.78, 5) is 23.9. The first kappa shape index (κ1) is 26.2. The highest BCUT2D eigenvalue weighted by Crippen LogP contribution is 2.28. The molecular weight excluding hydrogens is 487 g/mol. The molecule has 3 aromatic rings. The Labute approximate surface area is 220 Å². The summed E-state index contributed by atoms with van der Waals surface area (Å²) in [5, 5.41) is 23.3. The largest absolute Gasteiger partial charge is 0.389 e. The number of piperidine rings is 1. The minimum atomic E-state index is -0.705. The van der Waals surface area contributed by atoms with Crippen LogP contribution in [-0.4, -0.2) is 63.0 Å². The van der Waals surface area contributed by atoms with Gasteiger partial charge in [-0.1, -0.05) is 6.07 Å². The van der Waals surface area contributed by atoms with Crippen molar-refractivity contribution in [1.82, 2.24) is 19.4 Å². The summed E-state index contributed by atoms with van der Waals surface area (Å²) in [5.74, 6) is -0.353. The normalized spacial score (nSPS) is 22.5. The van der Waals surface area contributed by atoms with Crippen LogP contribution in [0.3, 0.4) is 0 Å². The van der Waals surface area contributed by atoms with Crippen LogP contribution < -0.4 is 10.7 Å². The summed E-state index contributed by atoms with van der Waals surface area (Å²) in [5.41, 5.74) is 2.13. The smallest absolute Gasteiger partial charge is 0.223 e. The van der Waals surface area contributed by atoms with Crippen LogP contribution in [0.1, 0.15) is 44.8 Å². The number of aromatic nitrogens is 3. The number of ether oxygens (including phenoxy) is 1. The molecule has 4 heterocycles. The third-order valence-electron chi connectivity index (χ3n) is 7.38. The van der Waals surface area contributed by atoms with Crippen molar-refractivity contribution in [2.24, 2.45) is 5.92 Å². The maximum atomic E-state index is 15.0. The molecule has 9 nitrogen and oxygen atoms in total. The molecule has 0 amide bonds. The molecule has 2 N–H and O–H groups in total. The lowest BCUT2D eigenvalue weighted by atomic mass is 9.99. The Morgan fingerprint density at radius 3 is 2.92 bits per heavy atom. The lowest BCUT2D eigenvalue weighted by molar-refractivity contribution is -0.0136. The molecule has 1 aromatic carbocycles. The van der Waals surface area contributed by atoms with E-state index in [0.717, 1.165) is 31.3 Å². The number of nitriles is 1. The monoisotopic (exact) mass is 520 g/mol. The van der Waals surface area contributed by atoms with Gasteiger partial charge >= 0.3 is 0 Å². The number of fused-ring (bicyclic) bond motifs is 1. The lowest BCUT2D eigenvalue weighted by Crippen LogP contribution is -2.42. The van der Waals surface area contributed by atoms with Gasteiger partial charge in [0.2, 0.25) is 5.95 Å². The van der Waals surface area contributed by atoms with Gasteiger partial charge in [0.15, 0.2) is 11.2 Å². The predicted octanol–water partition coefficient (Wildman–Crippen LogP) is 3.48. The van der Waals surface area contributed by atoms with E-state index in [4.69, 9.17) is 4.74 Å². The molecule has 0 unspecified atom stereocenters. The zero-order valence-electron chi connectivity index (χ0n) is 21.7. The second-order valence-electron chi connectivity index (χ2n) is 10.5. The van der Waals surface area contributed by atoms with E-state index in [0.29, 0.717) is 42.6 Å². The van der Waals surface area contributed by atoms with Crippen LogP contribution in [0, 0.1) is 23.1 Å². The number of nitrogens with zero attached hydrogens (tertiary/aromatic N) is 5. The molecule has 2 saturated heterocycles. The van der Waals surface area contributed by atoms with Gasteiger partial charge in [-0.05, 0) is 51.8 Å². The molecule has 10 heteroatoms. The standard InChI is InChI=1S/C28H33FN6O3/c1-17(2)35-20(15-34-8-3-4-18(12-30)14-34)11-25(36)21-6-5-19(10-24(21)35)27-22(29)13-31-28(33-27)32-23-7-9-38-16-26(23)37/h5-6,10-11,13,17-18,23,26,37H,3-4,7-9,14-16H2,1-2H3,(H,31,32,33)/t18-,23-,26-/m1/s1. The fourth-order valence-corrected chi connectivity index (χ4v) is 5.50. The highest BCUT2D eigenvalue weighted by atomic mass is 19.1. The Morgan fingerprint density at radius 1 is 1.32 bits per heavy atom. The molecule has 3 atom stereocenters. The van der Waals surface area contributed by atoms with Crippen molar-refractivity contribution in [3.63, 3.8) is 0 Å². The summed E-state index contributed by atoms with van der Waals surface area (Å²) in [7, 11) is 0. The SMILES string of the molecule is CC(C)n1c(CN2CCC[C@H](C#N)C2)cc(=O)c2ccc(-c3nc(N[C@@H]4CCOC[C@H]4O)ncc3F)cc21. The van der Waals surface area contributed by atoms with Crippen LogP contribution in [-0.2, 0) is 11.3 Å². The van der Waals surface area contributed by atoms with Gasteiger partial charge in [0, 0.05) is 48.4 Å². The van der Waals surface area contributed by atoms with Crippen LogP contribution in [0.5, 0.6) is 0 Å². The highest BCUT2D eigenvalue weighted by Gasteiger charge is 2.25. The molecule has 38 heavy (non-hydrogen) atoms. The van der Waals surface area contributed by atoms with Crippen molar-refractivity contribution in [1.29, 1.82) is 5.26 Å². The number of hydrogen-bond acceptors (Lipinski definition) is 8. The maximum Gasteiger partial charge on any atom is 0.223 e. The van der Waals surface area contributed by atoms with E-state index < -0.39 is 11.9 Å². The lowest BCUT2D eigenvalue weighted by Gasteiger charge is -2.31. The van der Waals surface area contributed by atoms with E-state index in [1.165, 1.54) is 0 Å². The number of benzene rings is 1. The zero-order chi connectivity index (χ0) is 26.8. The van der Waals surface area contributed by atoms with Gasteiger partial charge in [0.1, 0.15) is 5.69 Å². The molecule has 5 rings (SSSR count). The van der Waals surface area contributed by atoms with Gasteiger partial charge in [-0.3, -0.25) is 9.69 Å². The molecule has 200 valence electrons. The predicted molar refractivity (Wildman–Crippen MR) is 142 cm³/mol. The number of rotatable bonds is 6. The molecule has 0 radical (unpaired) electrons. The third-order valence-corrected chi connectivity index (χ3v) is 7.38. The van der Waals surface area contributed by atoms with Crippen LogP contribution in [0.2, 0.25) is 0 Å². The van der Waals surface area contributed by atoms with Gasteiger partial charge < -0.3 is 19.7 Å². The first-order valence-electron chi connectivity index (χ1n) is 13.2. The van der Waals surface area contributed by atoms with Crippen LogP contribution >= 0.6 is 0 Å². The quantitative estimate of drug-likeness (QED) is 0.508. The summed E-state index contributed by atoms with van der Waals surface area (Å²) < 4.78 is 22.4. The number of likely N-dealkylation sites (tertiary alicyclic amines) is 1. The van der Waals surface area contributed by atoms with Gasteiger partial charge in [0.25, 0.3) is 0 Å². The number of hydrogen-bond donors (Lipinski definition) is 2. The fraction of sp³-hybridized carbons (Fsp3) is 0.500. The second-order valence-corrected chi connectivity index (χ2v) is 10.5. The van der Waals surface area contributed by atoms with Gasteiger partial charge in [0.05, 0.1) is 42.5 Å². The van der Waals surface area contributed by atoms with Crippen LogP contribution in [0.4, 0.5) is 10.3 Å². The van der Waals surface area contributed by atoms with Crippen molar-refractivity contribution >= 4 is 16.9 Å². The van der Waals surface area contributed by atoms with E-state index in [-0.39, 0.29) is 41.7 Å². The molecule has 0 saturated carbocycles. The average molecular weight is 521 g/mol. The molecule has 0 aliphatic carbocycles. The van der Waals surface area contributed by atoms with Crippen molar-refractivity contribution in [2.75, 3.05) is 31.6 Å². The Hall–Kier alpha value is -3.39. The number of aliphatic hydroxyl groups excluding tert-OH is 1. The van der Waals surface area contributed by atoms with E-state index in [1.54, 1.807) is 18.2 Å². The Balaban J connectivity index is 1.53. The number of anilines is 1. The minimum absolute atomic E-state index is 0.000763. The molecule has 0 spiro atoms. The van der Waals surface area contributed by atoms with Crippen molar-refractivity contribution in [3.8, 4) is 17.3 Å². The minimum Gasteiger partial charge on any atom is -0.389 e. The molecule has 2 aliphatic rings. The first-order chi connectivity index (χ1) is 18.3. The van der Waals surface area contributed by atoms with E-state index >= 15 is 0 Å². The van der Waals surface area contributed by atoms with Crippen LogP contribution in [0.15, 0.2) is 35.3 Å². The molecular formula is C28H33FN6O3. The Kier molecular flexibility index (Phi) is 7.70. The van der Waals surface area contributed by atoms with Crippen molar-refractivity contribution in [3.05, 3.63) is 52.2 Å². The number of halogens is 1. The summed E-state index contributed by atoms with van der Waals surface area (Å²) in [6.45, 7) is 6.98. The second kappa shape index (κ2) is 11.2. The summed E-state index contributed by atoms with van der Waals surface area (Å²) in [6.07, 6.45) is 2.86. The van der Waals surface area contributed by atoms with E-state index in [9.17, 15) is 19.6 Å².